The number of benzene rings is 1. The van der Waals surface area contributed by atoms with E-state index < -0.39 is 0 Å². The van der Waals surface area contributed by atoms with Gasteiger partial charge in [-0.1, -0.05) is 17.7 Å². The fourth-order valence-electron chi connectivity index (χ4n) is 2.79. The molecule has 0 bridgehead atoms. The van der Waals surface area contributed by atoms with Crippen LogP contribution in [0.25, 0.3) is 11.2 Å². The molecule has 0 aliphatic carbocycles. The van der Waals surface area contributed by atoms with Gasteiger partial charge in [-0.25, -0.2) is 9.97 Å². The molecule has 2 heterocycles. The van der Waals surface area contributed by atoms with Crippen molar-refractivity contribution in [1.29, 1.82) is 0 Å². The van der Waals surface area contributed by atoms with Gasteiger partial charge in [-0.15, -0.1) is 0 Å². The summed E-state index contributed by atoms with van der Waals surface area (Å²) in [7, 11) is 0. The maximum atomic E-state index is 12.2. The summed E-state index contributed by atoms with van der Waals surface area (Å²) in [5.41, 5.74) is 3.61. The summed E-state index contributed by atoms with van der Waals surface area (Å²) in [6.45, 7) is 6.78. The lowest BCUT2D eigenvalue weighted by molar-refractivity contribution is 0.0954. The monoisotopic (exact) mass is 322 g/mol. The van der Waals surface area contributed by atoms with Crippen molar-refractivity contribution in [3.63, 3.8) is 0 Å². The van der Waals surface area contributed by atoms with Gasteiger partial charge in [0.1, 0.15) is 11.3 Å². The summed E-state index contributed by atoms with van der Waals surface area (Å²) in [4.78, 5) is 21.3. The summed E-state index contributed by atoms with van der Waals surface area (Å²) < 4.78 is 2.13. The Morgan fingerprint density at radius 3 is 2.67 bits per heavy atom. The first kappa shape index (κ1) is 16.2. The first-order valence-corrected chi connectivity index (χ1v) is 8.23. The van der Waals surface area contributed by atoms with Gasteiger partial charge in [-0.2, -0.15) is 0 Å². The van der Waals surface area contributed by atoms with Crippen LogP contribution in [0.5, 0.6) is 0 Å². The molecule has 0 unspecified atom stereocenters. The lowest BCUT2D eigenvalue weighted by Crippen LogP contribution is -2.26. The van der Waals surface area contributed by atoms with E-state index in [1.165, 1.54) is 0 Å². The Hall–Kier alpha value is -2.69. The van der Waals surface area contributed by atoms with Gasteiger partial charge < -0.3 is 9.88 Å². The third-order valence-electron chi connectivity index (χ3n) is 3.99. The summed E-state index contributed by atoms with van der Waals surface area (Å²) in [6, 6.07) is 11.7. The highest BCUT2D eigenvalue weighted by atomic mass is 16.1. The van der Waals surface area contributed by atoms with Crippen molar-refractivity contribution >= 4 is 17.1 Å². The molecule has 1 aromatic carbocycles. The van der Waals surface area contributed by atoms with E-state index in [2.05, 4.69) is 33.7 Å². The summed E-state index contributed by atoms with van der Waals surface area (Å²) in [5.74, 6) is 0.892. The van der Waals surface area contributed by atoms with Crippen LogP contribution in [0.15, 0.2) is 42.6 Å². The molecule has 0 aliphatic heterocycles. The Kier molecular flexibility index (Phi) is 4.60. The second-order valence-corrected chi connectivity index (χ2v) is 6.21. The number of nitrogens with zero attached hydrogens (tertiary/aromatic N) is 3. The normalized spacial score (nSPS) is 11.2. The van der Waals surface area contributed by atoms with Crippen LogP contribution < -0.4 is 5.32 Å². The molecule has 24 heavy (non-hydrogen) atoms. The second-order valence-electron chi connectivity index (χ2n) is 6.21. The van der Waals surface area contributed by atoms with Gasteiger partial charge in [0.05, 0.1) is 0 Å². The zero-order chi connectivity index (χ0) is 17.1. The number of nitrogens with one attached hydrogen (secondary N) is 1. The van der Waals surface area contributed by atoms with E-state index in [-0.39, 0.29) is 11.9 Å². The van der Waals surface area contributed by atoms with Crippen molar-refractivity contribution in [3.8, 4) is 0 Å². The Bertz CT molecular complexity index is 849. The van der Waals surface area contributed by atoms with Crippen LogP contribution >= 0.6 is 0 Å². The molecular formula is C19H22N4O. The number of aromatic nitrogens is 3. The first-order chi connectivity index (χ1) is 11.6. The Balaban J connectivity index is 1.70. The van der Waals surface area contributed by atoms with Gasteiger partial charge >= 0.3 is 0 Å². The molecule has 1 N–H and O–H groups in total. The van der Waals surface area contributed by atoms with Crippen LogP contribution in [0, 0.1) is 6.92 Å². The van der Waals surface area contributed by atoms with E-state index in [1.807, 2.05) is 43.3 Å². The number of hydrogen-bond donors (Lipinski definition) is 1. The maximum Gasteiger partial charge on any atom is 0.251 e. The number of imidazole rings is 1. The largest absolute Gasteiger partial charge is 0.352 e. The lowest BCUT2D eigenvalue weighted by atomic mass is 10.1. The molecule has 124 valence electrons. The number of carbonyl (C=O) groups excluding carboxylic acids is 1. The van der Waals surface area contributed by atoms with Gasteiger partial charge in [0.2, 0.25) is 0 Å². The Morgan fingerprint density at radius 1 is 1.21 bits per heavy atom. The summed E-state index contributed by atoms with van der Waals surface area (Å²) >= 11 is 0. The minimum atomic E-state index is -0.0552. The van der Waals surface area contributed by atoms with Gasteiger partial charge in [0.15, 0.2) is 5.65 Å². The Morgan fingerprint density at radius 2 is 1.96 bits per heavy atom. The van der Waals surface area contributed by atoms with Crippen molar-refractivity contribution in [2.75, 3.05) is 6.54 Å². The fourth-order valence-corrected chi connectivity index (χ4v) is 2.79. The number of amides is 1. The summed E-state index contributed by atoms with van der Waals surface area (Å²) in [5, 5.41) is 2.96. The number of fused-ring (bicyclic) bond motifs is 1. The van der Waals surface area contributed by atoms with Crippen molar-refractivity contribution in [3.05, 3.63) is 59.5 Å². The molecule has 5 heteroatoms. The van der Waals surface area contributed by atoms with Crippen molar-refractivity contribution < 1.29 is 4.79 Å². The minimum absolute atomic E-state index is 0.0552. The third kappa shape index (κ3) is 3.30. The van der Waals surface area contributed by atoms with Crippen LogP contribution in [-0.2, 0) is 6.42 Å². The lowest BCUT2D eigenvalue weighted by Gasteiger charge is -2.12. The highest BCUT2D eigenvalue weighted by molar-refractivity contribution is 5.94. The molecule has 1 amide bonds. The predicted octanol–water partition coefficient (Wildman–Crippen LogP) is 3.29. The van der Waals surface area contributed by atoms with Crippen molar-refractivity contribution in [1.82, 2.24) is 19.9 Å². The van der Waals surface area contributed by atoms with Gasteiger partial charge in [-0.3, -0.25) is 4.79 Å². The van der Waals surface area contributed by atoms with Gasteiger partial charge in [0, 0.05) is 30.8 Å². The Labute approximate surface area is 141 Å². The zero-order valence-corrected chi connectivity index (χ0v) is 14.3. The molecule has 0 spiro atoms. The van der Waals surface area contributed by atoms with Crippen LogP contribution in [0.1, 0.15) is 41.6 Å². The average Bonchev–Trinajstić information content (AvgIpc) is 2.93. The van der Waals surface area contributed by atoms with E-state index in [0.29, 0.717) is 18.5 Å². The van der Waals surface area contributed by atoms with Crippen molar-refractivity contribution in [2.24, 2.45) is 0 Å². The molecule has 0 aliphatic rings. The highest BCUT2D eigenvalue weighted by Crippen LogP contribution is 2.19. The molecular weight excluding hydrogens is 300 g/mol. The molecule has 0 saturated heterocycles. The quantitative estimate of drug-likeness (QED) is 0.784. The maximum absolute atomic E-state index is 12.2. The van der Waals surface area contributed by atoms with Gasteiger partial charge in [0.25, 0.3) is 5.91 Å². The minimum Gasteiger partial charge on any atom is -0.352 e. The molecule has 3 rings (SSSR count). The smallest absolute Gasteiger partial charge is 0.251 e. The van der Waals surface area contributed by atoms with Crippen LogP contribution in [-0.4, -0.2) is 27.0 Å². The average molecular weight is 322 g/mol. The van der Waals surface area contributed by atoms with Crippen molar-refractivity contribution in [2.45, 2.75) is 33.2 Å². The number of pyridine rings is 1. The second kappa shape index (κ2) is 6.83. The standard InChI is InChI=1S/C19H22N4O/c1-13(2)23-17(22-16-5-4-11-20-18(16)23)10-12-21-19(24)15-8-6-14(3)7-9-15/h4-9,11,13H,10,12H2,1-3H3,(H,21,24). The predicted molar refractivity (Wildman–Crippen MR) is 95.1 cm³/mol. The molecule has 0 saturated carbocycles. The number of carbonyl (C=O) groups is 1. The van der Waals surface area contributed by atoms with E-state index in [1.54, 1.807) is 6.20 Å². The van der Waals surface area contributed by atoms with E-state index in [0.717, 1.165) is 22.6 Å². The SMILES string of the molecule is Cc1ccc(C(=O)NCCc2nc3cccnc3n2C(C)C)cc1. The molecule has 0 atom stereocenters. The fraction of sp³-hybridized carbons (Fsp3) is 0.316. The number of hydrogen-bond acceptors (Lipinski definition) is 3. The van der Waals surface area contributed by atoms with E-state index in [4.69, 9.17) is 0 Å². The zero-order valence-electron chi connectivity index (χ0n) is 14.3. The molecule has 2 aromatic heterocycles. The van der Waals surface area contributed by atoms with E-state index in [9.17, 15) is 4.79 Å². The summed E-state index contributed by atoms with van der Waals surface area (Å²) in [6.07, 6.45) is 2.46. The van der Waals surface area contributed by atoms with E-state index >= 15 is 0 Å². The topological polar surface area (TPSA) is 59.8 Å². The third-order valence-corrected chi connectivity index (χ3v) is 3.99. The molecule has 0 fully saturated rings. The van der Waals surface area contributed by atoms with Crippen LogP contribution in [0.2, 0.25) is 0 Å². The first-order valence-electron chi connectivity index (χ1n) is 8.23. The molecule has 0 radical (unpaired) electrons. The number of aryl methyl sites for hydroxylation is 1. The van der Waals surface area contributed by atoms with Gasteiger partial charge in [-0.05, 0) is 45.0 Å². The molecule has 3 aromatic rings. The molecule has 5 nitrogen and oxygen atoms in total. The van der Waals surface area contributed by atoms with Crippen LogP contribution in [0.4, 0.5) is 0 Å². The number of rotatable bonds is 5. The highest BCUT2D eigenvalue weighted by Gasteiger charge is 2.14. The van der Waals surface area contributed by atoms with Crippen LogP contribution in [0.3, 0.4) is 0 Å².